The Labute approximate surface area is 103 Å². The van der Waals surface area contributed by atoms with Crippen LogP contribution in [0.2, 0.25) is 0 Å². The number of carboxylic acids is 1. The van der Waals surface area contributed by atoms with Crippen LogP contribution in [0, 0.1) is 5.41 Å². The van der Waals surface area contributed by atoms with E-state index in [9.17, 15) is 9.90 Å². The fourth-order valence-corrected chi connectivity index (χ4v) is 2.94. The van der Waals surface area contributed by atoms with Crippen molar-refractivity contribution in [3.8, 4) is 0 Å². The summed E-state index contributed by atoms with van der Waals surface area (Å²) in [5, 5.41) is 9.38. The van der Waals surface area contributed by atoms with Crippen LogP contribution in [0.5, 0.6) is 0 Å². The van der Waals surface area contributed by atoms with Gasteiger partial charge in [-0.25, -0.2) is 0 Å². The number of aliphatic carboxylic acids is 1. The fourth-order valence-electron chi connectivity index (χ4n) is 2.94. The highest BCUT2D eigenvalue weighted by Crippen LogP contribution is 2.44. The quantitative estimate of drug-likeness (QED) is 0.842. The average molecular weight is 232 g/mol. The number of rotatable bonds is 5. The first kappa shape index (κ1) is 12.2. The van der Waals surface area contributed by atoms with Crippen LogP contribution in [0.25, 0.3) is 0 Å². The summed E-state index contributed by atoms with van der Waals surface area (Å²) in [5.74, 6) is -0.206. The third-order valence-electron chi connectivity index (χ3n) is 3.98. The Kier molecular flexibility index (Phi) is 3.23. The van der Waals surface area contributed by atoms with E-state index in [0.29, 0.717) is 5.92 Å². The standard InChI is InChI=1S/C15H20O2/c1-3-8-15(2,14(16)17)10-12-9-11-6-4-5-7-13(11)12/h4-7,12H,3,8-10H2,1-2H3,(H,16,17). The SMILES string of the molecule is CCCC(C)(CC1Cc2ccccc21)C(=O)O. The lowest BCUT2D eigenvalue weighted by Gasteiger charge is -2.36. The maximum absolute atomic E-state index is 11.4. The molecule has 1 aromatic rings. The number of benzene rings is 1. The Balaban J connectivity index is 2.10. The molecule has 0 spiro atoms. The van der Waals surface area contributed by atoms with Gasteiger partial charge >= 0.3 is 5.97 Å². The predicted molar refractivity (Wildman–Crippen MR) is 68.2 cm³/mol. The molecule has 0 aliphatic heterocycles. The van der Waals surface area contributed by atoms with Crippen molar-refractivity contribution >= 4 is 5.97 Å². The number of carbonyl (C=O) groups is 1. The molecule has 0 saturated heterocycles. The topological polar surface area (TPSA) is 37.3 Å². The van der Waals surface area contributed by atoms with E-state index in [4.69, 9.17) is 0 Å². The van der Waals surface area contributed by atoms with E-state index in [1.54, 1.807) is 0 Å². The van der Waals surface area contributed by atoms with Crippen molar-refractivity contribution in [1.82, 2.24) is 0 Å². The molecule has 1 N–H and O–H groups in total. The Morgan fingerprint density at radius 2 is 2.18 bits per heavy atom. The van der Waals surface area contributed by atoms with Crippen molar-refractivity contribution in [2.75, 3.05) is 0 Å². The van der Waals surface area contributed by atoms with Gasteiger partial charge in [-0.05, 0) is 43.2 Å². The van der Waals surface area contributed by atoms with E-state index in [1.807, 2.05) is 13.0 Å². The average Bonchev–Trinajstić information content (AvgIpc) is 2.26. The Morgan fingerprint density at radius 1 is 1.47 bits per heavy atom. The van der Waals surface area contributed by atoms with Gasteiger partial charge in [0.2, 0.25) is 0 Å². The second-order valence-corrected chi connectivity index (χ2v) is 5.42. The first-order valence-electron chi connectivity index (χ1n) is 6.38. The maximum Gasteiger partial charge on any atom is 0.309 e. The highest BCUT2D eigenvalue weighted by Gasteiger charge is 2.38. The summed E-state index contributed by atoms with van der Waals surface area (Å²) in [5.41, 5.74) is 2.19. The van der Waals surface area contributed by atoms with Gasteiger partial charge in [-0.1, -0.05) is 37.6 Å². The number of fused-ring (bicyclic) bond motifs is 1. The molecule has 0 amide bonds. The molecule has 1 aliphatic carbocycles. The predicted octanol–water partition coefficient (Wildman–Crippen LogP) is 3.61. The molecule has 17 heavy (non-hydrogen) atoms. The van der Waals surface area contributed by atoms with Gasteiger partial charge in [-0.3, -0.25) is 4.79 Å². The summed E-state index contributed by atoms with van der Waals surface area (Å²) in [6.45, 7) is 3.94. The van der Waals surface area contributed by atoms with Gasteiger partial charge in [0, 0.05) is 0 Å². The zero-order valence-corrected chi connectivity index (χ0v) is 10.6. The van der Waals surface area contributed by atoms with Crippen LogP contribution >= 0.6 is 0 Å². The van der Waals surface area contributed by atoms with Crippen molar-refractivity contribution in [2.45, 2.75) is 45.4 Å². The Morgan fingerprint density at radius 3 is 2.76 bits per heavy atom. The summed E-state index contributed by atoms with van der Waals surface area (Å²) in [7, 11) is 0. The molecule has 0 radical (unpaired) electrons. The van der Waals surface area contributed by atoms with Crippen molar-refractivity contribution in [3.05, 3.63) is 35.4 Å². The summed E-state index contributed by atoms with van der Waals surface area (Å²) in [6.07, 6.45) is 3.51. The van der Waals surface area contributed by atoms with Crippen LogP contribution in [0.1, 0.15) is 50.2 Å². The molecule has 0 aromatic heterocycles. The minimum absolute atomic E-state index is 0.443. The molecule has 2 nitrogen and oxygen atoms in total. The van der Waals surface area contributed by atoms with E-state index in [-0.39, 0.29) is 0 Å². The highest BCUT2D eigenvalue weighted by molar-refractivity contribution is 5.74. The summed E-state index contributed by atoms with van der Waals surface area (Å²) >= 11 is 0. The molecule has 2 unspecified atom stereocenters. The third kappa shape index (κ3) is 2.21. The fraction of sp³-hybridized carbons (Fsp3) is 0.533. The van der Waals surface area contributed by atoms with E-state index in [1.165, 1.54) is 11.1 Å². The Bertz CT molecular complexity index is 425. The second-order valence-electron chi connectivity index (χ2n) is 5.42. The summed E-state index contributed by atoms with van der Waals surface area (Å²) in [4.78, 5) is 11.4. The number of hydrogen-bond acceptors (Lipinski definition) is 1. The maximum atomic E-state index is 11.4. The normalized spacial score (nSPS) is 21.2. The molecular formula is C15H20O2. The van der Waals surface area contributed by atoms with Crippen LogP contribution < -0.4 is 0 Å². The molecule has 2 atom stereocenters. The molecule has 0 bridgehead atoms. The minimum atomic E-state index is -0.649. The minimum Gasteiger partial charge on any atom is -0.481 e. The van der Waals surface area contributed by atoms with Crippen LogP contribution in [-0.2, 0) is 11.2 Å². The molecular weight excluding hydrogens is 212 g/mol. The van der Waals surface area contributed by atoms with Gasteiger partial charge in [-0.15, -0.1) is 0 Å². The first-order chi connectivity index (χ1) is 8.07. The molecule has 0 fully saturated rings. The van der Waals surface area contributed by atoms with Gasteiger partial charge in [0.15, 0.2) is 0 Å². The van der Waals surface area contributed by atoms with Gasteiger partial charge in [0.05, 0.1) is 5.41 Å². The lowest BCUT2D eigenvalue weighted by Crippen LogP contribution is -2.32. The van der Waals surface area contributed by atoms with Crippen LogP contribution in [-0.4, -0.2) is 11.1 Å². The van der Waals surface area contributed by atoms with Gasteiger partial charge in [-0.2, -0.15) is 0 Å². The number of carboxylic acid groups (broad SMARTS) is 1. The molecule has 0 saturated carbocycles. The zero-order chi connectivity index (χ0) is 12.5. The lowest BCUT2D eigenvalue weighted by atomic mass is 9.68. The summed E-state index contributed by atoms with van der Waals surface area (Å²) < 4.78 is 0. The van der Waals surface area contributed by atoms with Gasteiger partial charge in [0.1, 0.15) is 0 Å². The molecule has 1 aromatic carbocycles. The second kappa shape index (κ2) is 4.52. The molecule has 2 rings (SSSR count). The molecule has 92 valence electrons. The zero-order valence-electron chi connectivity index (χ0n) is 10.6. The molecule has 0 heterocycles. The van der Waals surface area contributed by atoms with Gasteiger partial charge < -0.3 is 5.11 Å². The van der Waals surface area contributed by atoms with Crippen LogP contribution in [0.3, 0.4) is 0 Å². The van der Waals surface area contributed by atoms with E-state index in [0.717, 1.165) is 25.7 Å². The van der Waals surface area contributed by atoms with E-state index >= 15 is 0 Å². The molecule has 2 heteroatoms. The van der Waals surface area contributed by atoms with Crippen molar-refractivity contribution < 1.29 is 9.90 Å². The van der Waals surface area contributed by atoms with Crippen LogP contribution in [0.4, 0.5) is 0 Å². The Hall–Kier alpha value is -1.31. The third-order valence-corrected chi connectivity index (χ3v) is 3.98. The van der Waals surface area contributed by atoms with Crippen molar-refractivity contribution in [3.63, 3.8) is 0 Å². The first-order valence-corrected chi connectivity index (χ1v) is 6.38. The smallest absolute Gasteiger partial charge is 0.309 e. The van der Waals surface area contributed by atoms with E-state index < -0.39 is 11.4 Å². The summed E-state index contributed by atoms with van der Waals surface area (Å²) in [6, 6.07) is 8.38. The number of hydrogen-bond donors (Lipinski definition) is 1. The largest absolute Gasteiger partial charge is 0.481 e. The van der Waals surface area contributed by atoms with Crippen molar-refractivity contribution in [1.29, 1.82) is 0 Å². The molecule has 1 aliphatic rings. The van der Waals surface area contributed by atoms with Gasteiger partial charge in [0.25, 0.3) is 0 Å². The highest BCUT2D eigenvalue weighted by atomic mass is 16.4. The van der Waals surface area contributed by atoms with Crippen LogP contribution in [0.15, 0.2) is 24.3 Å². The van der Waals surface area contributed by atoms with Crippen molar-refractivity contribution in [2.24, 2.45) is 5.41 Å². The van der Waals surface area contributed by atoms with E-state index in [2.05, 4.69) is 25.1 Å². The monoisotopic (exact) mass is 232 g/mol. The lowest BCUT2D eigenvalue weighted by molar-refractivity contribution is -0.149.